The second kappa shape index (κ2) is 4.11. The summed E-state index contributed by atoms with van der Waals surface area (Å²) in [7, 11) is 1.18. The molecule has 0 saturated heterocycles. The number of carbonyl (C=O) groups excluding carboxylic acids is 1. The molecule has 0 unspecified atom stereocenters. The predicted octanol–water partition coefficient (Wildman–Crippen LogP) is 1.81. The Labute approximate surface area is 88.9 Å². The largest absolute Gasteiger partial charge is 0.506 e. The standard InChI is InChI=1S/C9H6BrNO3/c1-14-9(13)7-5(4-11)2-3-6(10)8(7)12/h2-3,12H,1H3. The summed E-state index contributed by atoms with van der Waals surface area (Å²) < 4.78 is 4.79. The molecular weight excluding hydrogens is 250 g/mol. The lowest BCUT2D eigenvalue weighted by Gasteiger charge is -2.05. The van der Waals surface area contributed by atoms with Crippen LogP contribution in [0.15, 0.2) is 16.6 Å². The van der Waals surface area contributed by atoms with Gasteiger partial charge in [-0.15, -0.1) is 0 Å². The van der Waals surface area contributed by atoms with Crippen LogP contribution in [0.5, 0.6) is 5.75 Å². The Bertz CT molecular complexity index is 423. The maximum absolute atomic E-state index is 11.2. The third-order valence-corrected chi connectivity index (χ3v) is 2.28. The van der Waals surface area contributed by atoms with E-state index >= 15 is 0 Å². The maximum Gasteiger partial charge on any atom is 0.343 e. The minimum absolute atomic E-state index is 0.0811. The van der Waals surface area contributed by atoms with E-state index in [2.05, 4.69) is 20.7 Å². The van der Waals surface area contributed by atoms with Crippen molar-refractivity contribution in [2.24, 2.45) is 0 Å². The molecule has 14 heavy (non-hydrogen) atoms. The molecular formula is C9H6BrNO3. The van der Waals surface area contributed by atoms with Crippen molar-refractivity contribution >= 4 is 21.9 Å². The zero-order valence-corrected chi connectivity index (χ0v) is 8.83. The van der Waals surface area contributed by atoms with Crippen molar-refractivity contribution in [3.05, 3.63) is 27.7 Å². The summed E-state index contributed by atoms with van der Waals surface area (Å²) in [5, 5.41) is 18.2. The first kappa shape index (κ1) is 10.5. The molecule has 0 aliphatic carbocycles. The number of benzene rings is 1. The molecule has 1 aromatic rings. The van der Waals surface area contributed by atoms with Crippen molar-refractivity contribution in [3.8, 4) is 11.8 Å². The maximum atomic E-state index is 11.2. The van der Waals surface area contributed by atoms with Crippen molar-refractivity contribution in [1.82, 2.24) is 0 Å². The SMILES string of the molecule is COC(=O)c1c(C#N)ccc(Br)c1O. The van der Waals surface area contributed by atoms with Gasteiger partial charge in [-0.3, -0.25) is 0 Å². The lowest BCUT2D eigenvalue weighted by molar-refractivity contribution is 0.0597. The van der Waals surface area contributed by atoms with Crippen LogP contribution in [0, 0.1) is 11.3 Å². The molecule has 1 N–H and O–H groups in total. The summed E-state index contributed by atoms with van der Waals surface area (Å²) in [6.07, 6.45) is 0. The van der Waals surface area contributed by atoms with Crippen LogP contribution < -0.4 is 0 Å². The zero-order chi connectivity index (χ0) is 10.7. The fourth-order valence-electron chi connectivity index (χ4n) is 0.968. The molecule has 0 aromatic heterocycles. The number of phenols is 1. The van der Waals surface area contributed by atoms with E-state index in [1.54, 1.807) is 6.07 Å². The van der Waals surface area contributed by atoms with E-state index in [0.29, 0.717) is 4.47 Å². The first-order valence-corrected chi connectivity index (χ1v) is 4.41. The lowest BCUT2D eigenvalue weighted by atomic mass is 10.1. The van der Waals surface area contributed by atoms with Gasteiger partial charge in [-0.1, -0.05) is 0 Å². The molecule has 0 aliphatic heterocycles. The number of hydrogen-bond donors (Lipinski definition) is 1. The quantitative estimate of drug-likeness (QED) is 0.778. The minimum Gasteiger partial charge on any atom is -0.506 e. The van der Waals surface area contributed by atoms with Crippen LogP contribution >= 0.6 is 15.9 Å². The number of esters is 1. The number of halogens is 1. The number of rotatable bonds is 1. The Morgan fingerprint density at radius 1 is 1.64 bits per heavy atom. The first-order chi connectivity index (χ1) is 6.61. The van der Waals surface area contributed by atoms with Crippen LogP contribution in [0.3, 0.4) is 0 Å². The van der Waals surface area contributed by atoms with Crippen molar-refractivity contribution in [3.63, 3.8) is 0 Å². The van der Waals surface area contributed by atoms with E-state index in [4.69, 9.17) is 5.26 Å². The molecule has 4 nitrogen and oxygen atoms in total. The van der Waals surface area contributed by atoms with Gasteiger partial charge in [-0.05, 0) is 28.1 Å². The number of nitriles is 1. The average molecular weight is 256 g/mol. The first-order valence-electron chi connectivity index (χ1n) is 3.61. The minimum atomic E-state index is -0.736. The van der Waals surface area contributed by atoms with Gasteiger partial charge in [-0.2, -0.15) is 5.26 Å². The van der Waals surface area contributed by atoms with Gasteiger partial charge in [0.15, 0.2) is 0 Å². The van der Waals surface area contributed by atoms with Crippen LogP contribution in [0.1, 0.15) is 15.9 Å². The van der Waals surface area contributed by atoms with E-state index in [9.17, 15) is 9.90 Å². The topological polar surface area (TPSA) is 70.3 Å². The smallest absolute Gasteiger partial charge is 0.343 e. The molecule has 0 bridgehead atoms. The van der Waals surface area contributed by atoms with Crippen molar-refractivity contribution < 1.29 is 14.6 Å². The summed E-state index contributed by atoms with van der Waals surface area (Å²) in [5.41, 5.74) is -0.0399. The van der Waals surface area contributed by atoms with Gasteiger partial charge in [0.1, 0.15) is 17.4 Å². The van der Waals surface area contributed by atoms with Gasteiger partial charge in [0.2, 0.25) is 0 Å². The zero-order valence-electron chi connectivity index (χ0n) is 7.24. The molecule has 0 atom stereocenters. The van der Waals surface area contributed by atoms with Gasteiger partial charge in [0, 0.05) is 0 Å². The summed E-state index contributed by atoms with van der Waals surface area (Å²) in [6, 6.07) is 4.71. The van der Waals surface area contributed by atoms with E-state index in [-0.39, 0.29) is 16.9 Å². The normalized spacial score (nSPS) is 9.21. The Balaban J connectivity index is 3.45. The summed E-state index contributed by atoms with van der Waals surface area (Å²) in [5.74, 6) is -1.02. The molecule has 0 radical (unpaired) electrons. The second-order valence-electron chi connectivity index (χ2n) is 2.42. The summed E-state index contributed by atoms with van der Waals surface area (Å²) in [6.45, 7) is 0. The molecule has 0 spiro atoms. The molecule has 0 fully saturated rings. The highest BCUT2D eigenvalue weighted by Gasteiger charge is 2.18. The molecule has 5 heteroatoms. The van der Waals surface area contributed by atoms with Gasteiger partial charge in [0.05, 0.1) is 17.1 Å². The molecule has 0 heterocycles. The molecule has 0 amide bonds. The molecule has 0 saturated carbocycles. The van der Waals surface area contributed by atoms with Crippen LogP contribution in [0.4, 0.5) is 0 Å². The van der Waals surface area contributed by atoms with Crippen molar-refractivity contribution in [2.75, 3.05) is 7.11 Å². The highest BCUT2D eigenvalue weighted by Crippen LogP contribution is 2.30. The third-order valence-electron chi connectivity index (χ3n) is 1.64. The van der Waals surface area contributed by atoms with Crippen LogP contribution in [-0.2, 0) is 4.74 Å². The van der Waals surface area contributed by atoms with Crippen molar-refractivity contribution in [2.45, 2.75) is 0 Å². The van der Waals surface area contributed by atoms with E-state index in [0.717, 1.165) is 0 Å². The van der Waals surface area contributed by atoms with Gasteiger partial charge < -0.3 is 9.84 Å². The van der Waals surface area contributed by atoms with E-state index in [1.807, 2.05) is 0 Å². The van der Waals surface area contributed by atoms with Gasteiger partial charge >= 0.3 is 5.97 Å². The number of hydrogen-bond acceptors (Lipinski definition) is 4. The Kier molecular flexibility index (Phi) is 3.10. The van der Waals surface area contributed by atoms with Crippen LogP contribution in [0.2, 0.25) is 0 Å². The number of ether oxygens (including phenoxy) is 1. The van der Waals surface area contributed by atoms with E-state index in [1.165, 1.54) is 19.2 Å². The van der Waals surface area contributed by atoms with Crippen LogP contribution in [-0.4, -0.2) is 18.2 Å². The molecule has 1 rings (SSSR count). The number of methoxy groups -OCH3 is 1. The number of aromatic hydroxyl groups is 1. The average Bonchev–Trinajstić information content (AvgIpc) is 2.20. The number of carbonyl (C=O) groups is 1. The van der Waals surface area contributed by atoms with Crippen LogP contribution in [0.25, 0.3) is 0 Å². The van der Waals surface area contributed by atoms with E-state index < -0.39 is 5.97 Å². The molecule has 72 valence electrons. The highest BCUT2D eigenvalue weighted by molar-refractivity contribution is 9.10. The Morgan fingerprint density at radius 3 is 2.79 bits per heavy atom. The Hall–Kier alpha value is -1.54. The number of phenolic OH excluding ortho intramolecular Hbond substituents is 1. The highest BCUT2D eigenvalue weighted by atomic mass is 79.9. The number of nitrogens with zero attached hydrogens (tertiary/aromatic N) is 1. The fraction of sp³-hybridized carbons (Fsp3) is 0.111. The predicted molar refractivity (Wildman–Crippen MR) is 51.9 cm³/mol. The Morgan fingerprint density at radius 2 is 2.29 bits per heavy atom. The van der Waals surface area contributed by atoms with Crippen molar-refractivity contribution in [1.29, 1.82) is 5.26 Å². The molecule has 1 aromatic carbocycles. The second-order valence-corrected chi connectivity index (χ2v) is 3.28. The van der Waals surface area contributed by atoms with Gasteiger partial charge in [-0.25, -0.2) is 4.79 Å². The lowest BCUT2D eigenvalue weighted by Crippen LogP contribution is -2.04. The fourth-order valence-corrected chi connectivity index (χ4v) is 1.30. The third kappa shape index (κ3) is 1.70. The monoisotopic (exact) mass is 255 g/mol. The van der Waals surface area contributed by atoms with Gasteiger partial charge in [0.25, 0.3) is 0 Å². The summed E-state index contributed by atoms with van der Waals surface area (Å²) >= 11 is 3.04. The summed E-state index contributed by atoms with van der Waals surface area (Å²) in [4.78, 5) is 11.2. The molecule has 0 aliphatic rings.